The van der Waals surface area contributed by atoms with Gasteiger partial charge >= 0.3 is 5.97 Å². The lowest BCUT2D eigenvalue weighted by Crippen LogP contribution is -2.44. The Labute approximate surface area is 149 Å². The largest absolute Gasteiger partial charge is 0.481 e. The van der Waals surface area contributed by atoms with Gasteiger partial charge in [-0.3, -0.25) is 9.59 Å². The van der Waals surface area contributed by atoms with Crippen LogP contribution in [0.2, 0.25) is 0 Å². The van der Waals surface area contributed by atoms with Crippen LogP contribution < -0.4 is 0 Å². The van der Waals surface area contributed by atoms with Gasteiger partial charge in [0.05, 0.1) is 10.8 Å². The van der Waals surface area contributed by atoms with Crippen LogP contribution in [0.25, 0.3) is 10.4 Å². The summed E-state index contributed by atoms with van der Waals surface area (Å²) in [5.41, 5.74) is 1.87. The summed E-state index contributed by atoms with van der Waals surface area (Å²) < 4.78 is 13.1. The smallest absolute Gasteiger partial charge is 0.306 e. The number of carboxylic acid groups (broad SMARTS) is 1. The van der Waals surface area contributed by atoms with Crippen molar-refractivity contribution >= 4 is 23.2 Å². The number of piperidine rings is 1. The van der Waals surface area contributed by atoms with Crippen molar-refractivity contribution in [2.45, 2.75) is 20.3 Å². The maximum atomic E-state index is 13.1. The minimum Gasteiger partial charge on any atom is -0.481 e. The monoisotopic (exact) mass is 361 g/mol. The van der Waals surface area contributed by atoms with Crippen LogP contribution in [0.15, 0.2) is 30.3 Å². The van der Waals surface area contributed by atoms with E-state index >= 15 is 0 Å². The summed E-state index contributed by atoms with van der Waals surface area (Å²) in [6.07, 6.45) is 0.484. The molecule has 1 aromatic heterocycles. The van der Waals surface area contributed by atoms with Crippen molar-refractivity contribution in [3.05, 3.63) is 46.6 Å². The highest BCUT2D eigenvalue weighted by Crippen LogP contribution is 2.34. The van der Waals surface area contributed by atoms with E-state index in [1.54, 1.807) is 17.0 Å². The summed E-state index contributed by atoms with van der Waals surface area (Å²) in [6, 6.07) is 8.11. The molecule has 2 aromatic rings. The first-order valence-corrected chi connectivity index (χ1v) is 9.07. The summed E-state index contributed by atoms with van der Waals surface area (Å²) in [5.74, 6) is -1.58. The Morgan fingerprint density at radius 3 is 2.56 bits per heavy atom. The van der Waals surface area contributed by atoms with Crippen LogP contribution in [0.4, 0.5) is 4.39 Å². The van der Waals surface area contributed by atoms with Crippen LogP contribution in [0, 0.1) is 24.6 Å². The van der Waals surface area contributed by atoms with Crippen molar-refractivity contribution in [2.75, 3.05) is 13.1 Å². The highest BCUT2D eigenvalue weighted by atomic mass is 32.1. The zero-order valence-electron chi connectivity index (χ0n) is 14.2. The van der Waals surface area contributed by atoms with E-state index in [-0.39, 0.29) is 23.6 Å². The summed E-state index contributed by atoms with van der Waals surface area (Å²) in [6.45, 7) is 4.73. The zero-order valence-corrected chi connectivity index (χ0v) is 15.0. The quantitative estimate of drug-likeness (QED) is 0.897. The lowest BCUT2D eigenvalue weighted by atomic mass is 9.87. The molecular weight excluding hydrogens is 341 g/mol. The average Bonchev–Trinajstić information content (AvgIpc) is 2.96. The SMILES string of the molecule is Cc1cc(C(=O)N2CCC(C(=O)O)C(C)C2)sc1-c1ccc(F)cc1. The van der Waals surface area contributed by atoms with Gasteiger partial charge in [0.25, 0.3) is 5.91 Å². The fourth-order valence-corrected chi connectivity index (χ4v) is 4.47. The number of aryl methyl sites for hydroxylation is 1. The Kier molecular flexibility index (Phi) is 4.90. The number of hydrogen-bond acceptors (Lipinski definition) is 3. The molecule has 2 heterocycles. The Morgan fingerprint density at radius 2 is 1.96 bits per heavy atom. The average molecular weight is 361 g/mol. The normalized spacial score (nSPS) is 20.5. The first kappa shape index (κ1) is 17.6. The van der Waals surface area contributed by atoms with Crippen LogP contribution >= 0.6 is 11.3 Å². The molecule has 1 N–H and O–H groups in total. The Hall–Kier alpha value is -2.21. The van der Waals surface area contributed by atoms with Crippen molar-refractivity contribution in [1.82, 2.24) is 4.90 Å². The lowest BCUT2D eigenvalue weighted by Gasteiger charge is -2.34. The molecule has 2 atom stereocenters. The summed E-state index contributed by atoms with van der Waals surface area (Å²) in [4.78, 5) is 27.3. The second-order valence-corrected chi connectivity index (χ2v) is 7.64. The van der Waals surface area contributed by atoms with E-state index in [4.69, 9.17) is 0 Å². The number of likely N-dealkylation sites (tertiary alicyclic amines) is 1. The molecule has 0 saturated carbocycles. The van der Waals surface area contributed by atoms with Gasteiger partial charge in [0.1, 0.15) is 5.82 Å². The summed E-state index contributed by atoms with van der Waals surface area (Å²) in [5, 5.41) is 9.21. The third kappa shape index (κ3) is 3.58. The van der Waals surface area contributed by atoms with Gasteiger partial charge in [-0.15, -0.1) is 11.3 Å². The van der Waals surface area contributed by atoms with Crippen LogP contribution in [-0.4, -0.2) is 35.0 Å². The van der Waals surface area contributed by atoms with Crippen LogP contribution in [0.1, 0.15) is 28.6 Å². The number of aliphatic carboxylic acids is 1. The number of amides is 1. The fourth-order valence-electron chi connectivity index (χ4n) is 3.33. The van der Waals surface area contributed by atoms with Gasteiger partial charge in [0.2, 0.25) is 0 Å². The Morgan fingerprint density at radius 1 is 1.28 bits per heavy atom. The molecule has 1 aliphatic rings. The van der Waals surface area contributed by atoms with E-state index in [0.717, 1.165) is 16.0 Å². The summed E-state index contributed by atoms with van der Waals surface area (Å²) in [7, 11) is 0. The first-order valence-electron chi connectivity index (χ1n) is 8.25. The third-order valence-corrected chi connectivity index (χ3v) is 6.02. The minimum atomic E-state index is -0.787. The topological polar surface area (TPSA) is 57.6 Å². The molecule has 1 aliphatic heterocycles. The molecule has 0 radical (unpaired) electrons. The van der Waals surface area contributed by atoms with Crippen molar-refractivity contribution in [1.29, 1.82) is 0 Å². The van der Waals surface area contributed by atoms with Crippen molar-refractivity contribution < 1.29 is 19.1 Å². The minimum absolute atomic E-state index is 0.0582. The molecular formula is C19H20FNO3S. The van der Waals surface area contributed by atoms with Gasteiger partial charge in [-0.05, 0) is 48.6 Å². The molecule has 3 rings (SSSR count). The molecule has 1 fully saturated rings. The number of carbonyl (C=O) groups excluding carboxylic acids is 1. The number of thiophene rings is 1. The van der Waals surface area contributed by atoms with E-state index in [2.05, 4.69) is 0 Å². The van der Waals surface area contributed by atoms with Gasteiger partial charge in [-0.25, -0.2) is 4.39 Å². The number of benzene rings is 1. The predicted molar refractivity (Wildman–Crippen MR) is 95.3 cm³/mol. The van der Waals surface area contributed by atoms with Crippen LogP contribution in [-0.2, 0) is 4.79 Å². The molecule has 4 nitrogen and oxygen atoms in total. The molecule has 0 aliphatic carbocycles. The predicted octanol–water partition coefficient (Wildman–Crippen LogP) is 4.05. The Balaban J connectivity index is 1.79. The van der Waals surface area contributed by atoms with Crippen molar-refractivity contribution in [2.24, 2.45) is 11.8 Å². The van der Waals surface area contributed by atoms with Gasteiger partial charge in [-0.1, -0.05) is 19.1 Å². The molecule has 0 spiro atoms. The van der Waals surface area contributed by atoms with Crippen LogP contribution in [0.5, 0.6) is 0 Å². The standard InChI is InChI=1S/C19H20FNO3S/c1-11-9-16(25-17(11)13-3-5-14(20)6-4-13)18(22)21-8-7-15(19(23)24)12(2)10-21/h3-6,9,12,15H,7-8,10H2,1-2H3,(H,23,24). The molecule has 2 unspecified atom stereocenters. The lowest BCUT2D eigenvalue weighted by molar-refractivity contribution is -0.145. The third-order valence-electron chi connectivity index (χ3n) is 4.74. The second-order valence-electron chi connectivity index (χ2n) is 6.59. The second kappa shape index (κ2) is 6.96. The fraction of sp³-hybridized carbons (Fsp3) is 0.368. The molecule has 132 valence electrons. The molecule has 1 aromatic carbocycles. The molecule has 1 saturated heterocycles. The number of carboxylic acids is 1. The van der Waals surface area contributed by atoms with Crippen molar-refractivity contribution in [3.63, 3.8) is 0 Å². The van der Waals surface area contributed by atoms with Crippen molar-refractivity contribution in [3.8, 4) is 10.4 Å². The molecule has 1 amide bonds. The number of nitrogens with zero attached hydrogens (tertiary/aromatic N) is 1. The molecule has 6 heteroatoms. The zero-order chi connectivity index (χ0) is 18.1. The van der Waals surface area contributed by atoms with E-state index in [0.29, 0.717) is 24.4 Å². The van der Waals surface area contributed by atoms with Gasteiger partial charge in [0, 0.05) is 18.0 Å². The van der Waals surface area contributed by atoms with E-state index in [1.165, 1.54) is 23.5 Å². The maximum Gasteiger partial charge on any atom is 0.306 e. The highest BCUT2D eigenvalue weighted by molar-refractivity contribution is 7.17. The van der Waals surface area contributed by atoms with Gasteiger partial charge < -0.3 is 10.0 Å². The number of rotatable bonds is 3. The van der Waals surface area contributed by atoms with E-state index in [9.17, 15) is 19.1 Å². The maximum absolute atomic E-state index is 13.1. The van der Waals surface area contributed by atoms with Gasteiger partial charge in [-0.2, -0.15) is 0 Å². The number of halogens is 1. The van der Waals surface area contributed by atoms with Gasteiger partial charge in [0.15, 0.2) is 0 Å². The molecule has 0 bridgehead atoms. The van der Waals surface area contributed by atoms with E-state index < -0.39 is 5.97 Å². The first-order chi connectivity index (χ1) is 11.9. The van der Waals surface area contributed by atoms with Crippen LogP contribution in [0.3, 0.4) is 0 Å². The number of carbonyl (C=O) groups is 2. The summed E-state index contributed by atoms with van der Waals surface area (Å²) >= 11 is 1.40. The van der Waals surface area contributed by atoms with E-state index in [1.807, 2.05) is 19.9 Å². The number of hydrogen-bond donors (Lipinski definition) is 1. The molecule has 25 heavy (non-hydrogen) atoms. The highest BCUT2D eigenvalue weighted by Gasteiger charge is 2.33. The Bertz CT molecular complexity index is 800.